The van der Waals surface area contributed by atoms with Gasteiger partial charge >= 0.3 is 0 Å². The van der Waals surface area contributed by atoms with Crippen LogP contribution in [-0.2, 0) is 6.54 Å². The van der Waals surface area contributed by atoms with E-state index in [0.29, 0.717) is 6.54 Å². The summed E-state index contributed by atoms with van der Waals surface area (Å²) in [5.41, 5.74) is 1.07. The molecule has 23 heavy (non-hydrogen) atoms. The fourth-order valence-electron chi connectivity index (χ4n) is 3.03. The molecule has 1 aromatic heterocycles. The number of nitrogens with zero attached hydrogens (tertiary/aromatic N) is 3. The average molecular weight is 331 g/mol. The van der Waals surface area contributed by atoms with Crippen LogP contribution in [0.4, 0.5) is 11.6 Å². The molecule has 0 aliphatic carbocycles. The predicted molar refractivity (Wildman–Crippen MR) is 96.2 cm³/mol. The first-order valence-electron chi connectivity index (χ1n) is 8.20. The molecular weight excluding hydrogens is 308 g/mol. The van der Waals surface area contributed by atoms with Gasteiger partial charge in [-0.2, -0.15) is 0 Å². The van der Waals surface area contributed by atoms with Gasteiger partial charge in [-0.1, -0.05) is 36.7 Å². The van der Waals surface area contributed by atoms with Gasteiger partial charge < -0.3 is 10.2 Å². The normalized spacial score (nSPS) is 18.0. The summed E-state index contributed by atoms with van der Waals surface area (Å²) in [6.07, 6.45) is 2.53. The van der Waals surface area contributed by atoms with Crippen molar-refractivity contribution in [2.24, 2.45) is 5.92 Å². The van der Waals surface area contributed by atoms with Gasteiger partial charge in [-0.25, -0.2) is 9.97 Å². The Balaban J connectivity index is 1.74. The maximum Gasteiger partial charge on any atom is 0.134 e. The van der Waals surface area contributed by atoms with Crippen molar-refractivity contribution in [3.63, 3.8) is 0 Å². The predicted octanol–water partition coefficient (Wildman–Crippen LogP) is 4.29. The molecule has 0 spiro atoms. The van der Waals surface area contributed by atoms with Crippen LogP contribution >= 0.6 is 11.6 Å². The Kier molecular flexibility index (Phi) is 5.01. The molecule has 1 saturated heterocycles. The van der Waals surface area contributed by atoms with Crippen molar-refractivity contribution in [1.29, 1.82) is 0 Å². The Morgan fingerprint density at radius 3 is 2.91 bits per heavy atom. The van der Waals surface area contributed by atoms with Crippen molar-refractivity contribution in [3.05, 3.63) is 46.7 Å². The van der Waals surface area contributed by atoms with Crippen molar-refractivity contribution < 1.29 is 0 Å². The van der Waals surface area contributed by atoms with Crippen LogP contribution in [0.15, 0.2) is 30.3 Å². The summed E-state index contributed by atoms with van der Waals surface area (Å²) in [5, 5.41) is 4.15. The number of anilines is 2. The Morgan fingerprint density at radius 1 is 1.30 bits per heavy atom. The van der Waals surface area contributed by atoms with E-state index in [-0.39, 0.29) is 0 Å². The van der Waals surface area contributed by atoms with Crippen molar-refractivity contribution in [3.8, 4) is 0 Å². The van der Waals surface area contributed by atoms with Crippen LogP contribution in [0.25, 0.3) is 0 Å². The second kappa shape index (κ2) is 7.18. The molecule has 0 saturated carbocycles. The highest BCUT2D eigenvalue weighted by molar-refractivity contribution is 6.31. The van der Waals surface area contributed by atoms with Crippen LogP contribution in [0.1, 0.15) is 31.2 Å². The molecular formula is C18H23ClN4. The molecule has 122 valence electrons. The van der Waals surface area contributed by atoms with Gasteiger partial charge in [-0.3, -0.25) is 0 Å². The minimum atomic E-state index is 0.659. The second-order valence-electron chi connectivity index (χ2n) is 6.30. The van der Waals surface area contributed by atoms with Crippen molar-refractivity contribution in [1.82, 2.24) is 9.97 Å². The maximum atomic E-state index is 6.21. The highest BCUT2D eigenvalue weighted by Crippen LogP contribution is 2.24. The number of hydrogen-bond donors (Lipinski definition) is 1. The quantitative estimate of drug-likeness (QED) is 0.908. The van der Waals surface area contributed by atoms with E-state index >= 15 is 0 Å². The Morgan fingerprint density at radius 2 is 2.13 bits per heavy atom. The van der Waals surface area contributed by atoms with Gasteiger partial charge in [0.2, 0.25) is 0 Å². The SMILES string of the molecule is Cc1nc(NCc2ccccc2Cl)cc(N2CCCC(C)C2)n1. The lowest BCUT2D eigenvalue weighted by atomic mass is 10.0. The summed E-state index contributed by atoms with van der Waals surface area (Å²) in [4.78, 5) is 11.5. The van der Waals surface area contributed by atoms with E-state index in [1.165, 1.54) is 12.8 Å². The highest BCUT2D eigenvalue weighted by atomic mass is 35.5. The first-order valence-corrected chi connectivity index (χ1v) is 8.57. The Labute approximate surface area is 142 Å². The molecule has 1 aromatic carbocycles. The molecule has 1 atom stereocenters. The first kappa shape index (κ1) is 16.1. The number of aromatic nitrogens is 2. The van der Waals surface area contributed by atoms with E-state index in [0.717, 1.165) is 47.1 Å². The summed E-state index contributed by atoms with van der Waals surface area (Å²) < 4.78 is 0. The van der Waals surface area contributed by atoms with Gasteiger partial charge in [0, 0.05) is 30.7 Å². The highest BCUT2D eigenvalue weighted by Gasteiger charge is 2.18. The molecule has 1 unspecified atom stereocenters. The molecule has 0 radical (unpaired) electrons. The lowest BCUT2D eigenvalue weighted by Crippen LogP contribution is -2.35. The van der Waals surface area contributed by atoms with Crippen LogP contribution < -0.4 is 10.2 Å². The Bertz CT molecular complexity index is 674. The smallest absolute Gasteiger partial charge is 0.134 e. The van der Waals surface area contributed by atoms with E-state index in [4.69, 9.17) is 11.6 Å². The number of hydrogen-bond acceptors (Lipinski definition) is 4. The topological polar surface area (TPSA) is 41.1 Å². The van der Waals surface area contributed by atoms with E-state index < -0.39 is 0 Å². The third kappa shape index (κ3) is 4.14. The minimum absolute atomic E-state index is 0.659. The van der Waals surface area contributed by atoms with Crippen LogP contribution in [0.3, 0.4) is 0 Å². The lowest BCUT2D eigenvalue weighted by molar-refractivity contribution is 0.444. The van der Waals surface area contributed by atoms with Gasteiger partial charge in [-0.05, 0) is 37.3 Å². The van der Waals surface area contributed by atoms with Gasteiger partial charge in [0.1, 0.15) is 17.5 Å². The third-order valence-corrected chi connectivity index (χ3v) is 4.59. The molecule has 0 amide bonds. The van der Waals surface area contributed by atoms with Gasteiger partial charge in [-0.15, -0.1) is 0 Å². The standard InChI is InChI=1S/C18H23ClN4/c1-13-6-5-9-23(12-13)18-10-17(21-14(2)22-18)20-11-15-7-3-4-8-16(15)19/h3-4,7-8,10,13H,5-6,9,11-12H2,1-2H3,(H,20,21,22). The zero-order valence-electron chi connectivity index (χ0n) is 13.7. The van der Waals surface area contributed by atoms with E-state index in [1.807, 2.05) is 37.3 Å². The van der Waals surface area contributed by atoms with Crippen molar-refractivity contribution >= 4 is 23.2 Å². The summed E-state index contributed by atoms with van der Waals surface area (Å²) in [5.74, 6) is 3.39. The molecule has 3 rings (SSSR count). The summed E-state index contributed by atoms with van der Waals surface area (Å²) in [7, 11) is 0. The lowest BCUT2D eigenvalue weighted by Gasteiger charge is -2.32. The molecule has 0 bridgehead atoms. The summed E-state index contributed by atoms with van der Waals surface area (Å²) in [6.45, 7) is 7.05. The molecule has 2 heterocycles. The van der Waals surface area contributed by atoms with E-state index in [1.54, 1.807) is 0 Å². The third-order valence-electron chi connectivity index (χ3n) is 4.22. The minimum Gasteiger partial charge on any atom is -0.366 e. The molecule has 5 heteroatoms. The largest absolute Gasteiger partial charge is 0.366 e. The van der Waals surface area contributed by atoms with Gasteiger partial charge in [0.05, 0.1) is 0 Å². The number of rotatable bonds is 4. The molecule has 1 fully saturated rings. The number of halogens is 1. The van der Waals surface area contributed by atoms with Gasteiger partial charge in [0.25, 0.3) is 0 Å². The monoisotopic (exact) mass is 330 g/mol. The number of piperidine rings is 1. The zero-order valence-corrected chi connectivity index (χ0v) is 14.5. The fraction of sp³-hybridized carbons (Fsp3) is 0.444. The van der Waals surface area contributed by atoms with Crippen LogP contribution in [0.5, 0.6) is 0 Å². The van der Waals surface area contributed by atoms with Crippen LogP contribution in [-0.4, -0.2) is 23.1 Å². The molecule has 1 aliphatic heterocycles. The van der Waals surface area contributed by atoms with Crippen LogP contribution in [0, 0.1) is 12.8 Å². The fourth-order valence-corrected chi connectivity index (χ4v) is 3.23. The number of aryl methyl sites for hydroxylation is 1. The van der Waals surface area contributed by atoms with Crippen molar-refractivity contribution in [2.75, 3.05) is 23.3 Å². The molecule has 1 aliphatic rings. The van der Waals surface area contributed by atoms with E-state index in [2.05, 4.69) is 27.1 Å². The van der Waals surface area contributed by atoms with E-state index in [9.17, 15) is 0 Å². The molecule has 2 aromatic rings. The number of nitrogens with one attached hydrogen (secondary N) is 1. The molecule has 4 nitrogen and oxygen atoms in total. The second-order valence-corrected chi connectivity index (χ2v) is 6.70. The zero-order chi connectivity index (χ0) is 16.2. The molecule has 1 N–H and O–H groups in total. The van der Waals surface area contributed by atoms with Crippen LogP contribution in [0.2, 0.25) is 5.02 Å². The number of benzene rings is 1. The van der Waals surface area contributed by atoms with Gasteiger partial charge in [0.15, 0.2) is 0 Å². The average Bonchev–Trinajstić information content (AvgIpc) is 2.54. The Hall–Kier alpha value is -1.81. The maximum absolute atomic E-state index is 6.21. The van der Waals surface area contributed by atoms with Crippen molar-refractivity contribution in [2.45, 2.75) is 33.2 Å². The first-order chi connectivity index (χ1) is 11.1. The summed E-state index contributed by atoms with van der Waals surface area (Å²) in [6, 6.07) is 9.91. The summed E-state index contributed by atoms with van der Waals surface area (Å²) >= 11 is 6.21.